The first-order valence-electron chi connectivity index (χ1n) is 7.79. The Balaban J connectivity index is 1.80. The molecule has 7 heteroatoms. The van der Waals surface area contributed by atoms with Gasteiger partial charge in [-0.25, -0.2) is 0 Å². The smallest absolute Gasteiger partial charge is 0.256 e. The lowest BCUT2D eigenvalue weighted by molar-refractivity contribution is -0.119. The third-order valence-corrected chi connectivity index (χ3v) is 5.61. The van der Waals surface area contributed by atoms with Crippen molar-refractivity contribution in [2.24, 2.45) is 0 Å². The van der Waals surface area contributed by atoms with Gasteiger partial charge in [0, 0.05) is 15.1 Å². The minimum absolute atomic E-state index is 0.187. The predicted octanol–water partition coefficient (Wildman–Crippen LogP) is 4.84. The van der Waals surface area contributed by atoms with E-state index in [2.05, 4.69) is 27.9 Å². The summed E-state index contributed by atoms with van der Waals surface area (Å²) < 4.78 is 0.946. The first-order valence-corrected chi connectivity index (χ1v) is 9.62. The summed E-state index contributed by atoms with van der Waals surface area (Å²) in [5.74, 6) is -0.457. The lowest BCUT2D eigenvalue weighted by Gasteiger charge is -2.24. The highest BCUT2D eigenvalue weighted by Crippen LogP contribution is 2.27. The van der Waals surface area contributed by atoms with Crippen molar-refractivity contribution in [3.63, 3.8) is 0 Å². The van der Waals surface area contributed by atoms with E-state index in [1.54, 1.807) is 23.1 Å². The Bertz CT molecular complexity index is 828. The summed E-state index contributed by atoms with van der Waals surface area (Å²) in [6.45, 7) is 0.519. The standard InChI is InChI=1S/C18H15Cl2IN2O2/c19-11-7-8-13(20)12(10-11)18(25)23-9-3-6-16(23)17(24)22-15-5-2-1-4-14(15)21/h1-2,4-5,7-8,10,16H,3,6,9H2,(H,22,24). The number of amides is 2. The molecule has 1 unspecified atom stereocenters. The summed E-state index contributed by atoms with van der Waals surface area (Å²) in [6.07, 6.45) is 1.40. The van der Waals surface area contributed by atoms with Gasteiger partial charge in [-0.1, -0.05) is 35.3 Å². The quantitative estimate of drug-likeness (QED) is 0.628. The molecule has 0 radical (unpaired) electrons. The number of hydrogen-bond donors (Lipinski definition) is 1. The van der Waals surface area contributed by atoms with Crippen LogP contribution in [0, 0.1) is 3.57 Å². The zero-order valence-corrected chi connectivity index (χ0v) is 16.8. The van der Waals surface area contributed by atoms with Crippen molar-refractivity contribution in [1.29, 1.82) is 0 Å². The first kappa shape index (κ1) is 18.5. The molecule has 1 atom stereocenters. The second-order valence-corrected chi connectivity index (χ2v) is 7.76. The van der Waals surface area contributed by atoms with E-state index in [9.17, 15) is 9.59 Å². The van der Waals surface area contributed by atoms with Gasteiger partial charge < -0.3 is 10.2 Å². The molecule has 0 spiro atoms. The maximum atomic E-state index is 12.9. The largest absolute Gasteiger partial charge is 0.327 e. The maximum Gasteiger partial charge on any atom is 0.256 e. The SMILES string of the molecule is O=C(Nc1ccccc1I)C1CCCN1C(=O)c1cc(Cl)ccc1Cl. The Kier molecular flexibility index (Phi) is 5.86. The second-order valence-electron chi connectivity index (χ2n) is 5.75. The van der Waals surface area contributed by atoms with E-state index >= 15 is 0 Å². The van der Waals surface area contributed by atoms with Crippen molar-refractivity contribution < 1.29 is 9.59 Å². The number of carbonyl (C=O) groups excluding carboxylic acids is 2. The van der Waals surface area contributed by atoms with Crippen LogP contribution in [-0.4, -0.2) is 29.3 Å². The molecule has 3 rings (SSSR count). The van der Waals surface area contributed by atoms with E-state index in [-0.39, 0.29) is 11.8 Å². The van der Waals surface area contributed by atoms with Gasteiger partial charge in [-0.15, -0.1) is 0 Å². The molecule has 1 saturated heterocycles. The average molecular weight is 489 g/mol. The van der Waals surface area contributed by atoms with Gasteiger partial charge in [0.25, 0.3) is 5.91 Å². The highest BCUT2D eigenvalue weighted by Gasteiger charge is 2.35. The Labute approximate surface area is 169 Å². The highest BCUT2D eigenvalue weighted by molar-refractivity contribution is 14.1. The number of nitrogens with one attached hydrogen (secondary N) is 1. The number of anilines is 1. The van der Waals surface area contributed by atoms with Crippen LogP contribution in [0.5, 0.6) is 0 Å². The molecule has 0 saturated carbocycles. The van der Waals surface area contributed by atoms with Gasteiger partial charge >= 0.3 is 0 Å². The minimum Gasteiger partial charge on any atom is -0.327 e. The fourth-order valence-electron chi connectivity index (χ4n) is 2.88. The van der Waals surface area contributed by atoms with E-state index in [1.165, 1.54) is 0 Å². The molecule has 130 valence electrons. The number of hydrogen-bond acceptors (Lipinski definition) is 2. The lowest BCUT2D eigenvalue weighted by atomic mass is 10.1. The van der Waals surface area contributed by atoms with Gasteiger partial charge in [0.05, 0.1) is 16.3 Å². The fourth-order valence-corrected chi connectivity index (χ4v) is 3.77. The van der Waals surface area contributed by atoms with E-state index < -0.39 is 6.04 Å². The van der Waals surface area contributed by atoms with Crippen LogP contribution in [-0.2, 0) is 4.79 Å². The number of carbonyl (C=O) groups is 2. The molecule has 2 aromatic rings. The molecule has 1 N–H and O–H groups in total. The van der Waals surface area contributed by atoms with Crippen molar-refractivity contribution in [2.45, 2.75) is 18.9 Å². The molecule has 0 aromatic heterocycles. The van der Waals surface area contributed by atoms with E-state index in [1.807, 2.05) is 24.3 Å². The molecular weight excluding hydrogens is 474 g/mol. The van der Waals surface area contributed by atoms with Crippen LogP contribution in [0.15, 0.2) is 42.5 Å². The summed E-state index contributed by atoms with van der Waals surface area (Å²) in [5.41, 5.74) is 1.07. The molecule has 1 aliphatic rings. The third-order valence-electron chi connectivity index (χ3n) is 4.11. The number of rotatable bonds is 3. The number of halogens is 3. The summed E-state index contributed by atoms with van der Waals surface area (Å²) in [4.78, 5) is 27.1. The van der Waals surface area contributed by atoms with Crippen molar-refractivity contribution in [3.8, 4) is 0 Å². The van der Waals surface area contributed by atoms with Crippen LogP contribution in [0.4, 0.5) is 5.69 Å². The molecule has 0 aliphatic carbocycles. The van der Waals surface area contributed by atoms with Gasteiger partial charge in [-0.3, -0.25) is 9.59 Å². The van der Waals surface area contributed by atoms with Crippen molar-refractivity contribution in [2.75, 3.05) is 11.9 Å². The van der Waals surface area contributed by atoms with Crippen LogP contribution in [0.3, 0.4) is 0 Å². The van der Waals surface area contributed by atoms with Crippen LogP contribution in [0.25, 0.3) is 0 Å². The molecule has 0 bridgehead atoms. The lowest BCUT2D eigenvalue weighted by Crippen LogP contribution is -2.43. The summed E-state index contributed by atoms with van der Waals surface area (Å²) in [7, 11) is 0. The van der Waals surface area contributed by atoms with Crippen molar-refractivity contribution >= 4 is 63.3 Å². The van der Waals surface area contributed by atoms with Gasteiger partial charge in [-0.2, -0.15) is 0 Å². The van der Waals surface area contributed by atoms with E-state index in [0.29, 0.717) is 28.6 Å². The zero-order valence-electron chi connectivity index (χ0n) is 13.1. The van der Waals surface area contributed by atoms with Gasteiger partial charge in [0.1, 0.15) is 6.04 Å². The van der Waals surface area contributed by atoms with Crippen LogP contribution < -0.4 is 5.32 Å². The number of para-hydroxylation sites is 1. The van der Waals surface area contributed by atoms with Crippen molar-refractivity contribution in [3.05, 3.63) is 61.6 Å². The normalized spacial score (nSPS) is 16.8. The van der Waals surface area contributed by atoms with Crippen LogP contribution in [0.1, 0.15) is 23.2 Å². The maximum absolute atomic E-state index is 12.9. The molecule has 25 heavy (non-hydrogen) atoms. The Morgan fingerprint density at radius 2 is 1.92 bits per heavy atom. The minimum atomic E-state index is -0.515. The third kappa shape index (κ3) is 4.10. The summed E-state index contributed by atoms with van der Waals surface area (Å²) in [6, 6.07) is 11.8. The Hall–Kier alpha value is -1.31. The van der Waals surface area contributed by atoms with Gasteiger partial charge in [-0.05, 0) is 65.8 Å². The van der Waals surface area contributed by atoms with Crippen LogP contribution >= 0.6 is 45.8 Å². The molecule has 1 aliphatic heterocycles. The molecule has 2 aromatic carbocycles. The Morgan fingerprint density at radius 1 is 1.16 bits per heavy atom. The zero-order chi connectivity index (χ0) is 18.0. The number of benzene rings is 2. The predicted molar refractivity (Wildman–Crippen MR) is 108 cm³/mol. The molecule has 2 amide bonds. The van der Waals surface area contributed by atoms with Gasteiger partial charge in [0.2, 0.25) is 5.91 Å². The fraction of sp³-hybridized carbons (Fsp3) is 0.222. The van der Waals surface area contributed by atoms with E-state index in [0.717, 1.165) is 15.7 Å². The highest BCUT2D eigenvalue weighted by atomic mass is 127. The summed E-state index contributed by atoms with van der Waals surface area (Å²) >= 11 is 14.3. The van der Waals surface area contributed by atoms with E-state index in [4.69, 9.17) is 23.2 Å². The second kappa shape index (κ2) is 7.93. The first-order chi connectivity index (χ1) is 12.0. The number of likely N-dealkylation sites (tertiary alicyclic amines) is 1. The Morgan fingerprint density at radius 3 is 2.68 bits per heavy atom. The van der Waals surface area contributed by atoms with Crippen LogP contribution in [0.2, 0.25) is 10.0 Å². The molecule has 1 fully saturated rings. The van der Waals surface area contributed by atoms with Crippen molar-refractivity contribution in [1.82, 2.24) is 4.90 Å². The number of nitrogens with zero attached hydrogens (tertiary/aromatic N) is 1. The monoisotopic (exact) mass is 488 g/mol. The molecule has 1 heterocycles. The molecule has 4 nitrogen and oxygen atoms in total. The average Bonchev–Trinajstić information content (AvgIpc) is 3.08. The van der Waals surface area contributed by atoms with Gasteiger partial charge in [0.15, 0.2) is 0 Å². The summed E-state index contributed by atoms with van der Waals surface area (Å²) in [5, 5.41) is 3.68. The topological polar surface area (TPSA) is 49.4 Å². The molecular formula is C18H15Cl2IN2O2.